The molecule has 0 spiro atoms. The van der Waals surface area contributed by atoms with E-state index in [-0.39, 0.29) is 5.92 Å². The molecular weight excluding hydrogens is 208 g/mol. The van der Waals surface area contributed by atoms with Crippen molar-refractivity contribution in [3.05, 3.63) is 25.3 Å². The van der Waals surface area contributed by atoms with Crippen molar-refractivity contribution in [1.29, 1.82) is 0 Å². The van der Waals surface area contributed by atoms with Crippen molar-refractivity contribution < 1.29 is 19.1 Å². The normalized spacial score (nSPS) is 11.7. The molecule has 0 aromatic rings. The third-order valence-corrected chi connectivity index (χ3v) is 2.01. The highest BCUT2D eigenvalue weighted by atomic mass is 16.7. The molecule has 0 aliphatic heterocycles. The lowest BCUT2D eigenvalue weighted by Gasteiger charge is -2.22. The van der Waals surface area contributed by atoms with Crippen LogP contribution in [-0.4, -0.2) is 18.2 Å². The zero-order valence-electron chi connectivity index (χ0n) is 9.77. The molecule has 0 N–H and O–H groups in total. The fourth-order valence-corrected chi connectivity index (χ4v) is 1.17. The Bertz CT molecular complexity index is 248. The highest BCUT2D eigenvalue weighted by molar-refractivity contribution is 5.83. The zero-order chi connectivity index (χ0) is 12.6. The lowest BCUT2D eigenvalue weighted by molar-refractivity contribution is -0.190. The van der Waals surface area contributed by atoms with Gasteiger partial charge in [-0.25, -0.2) is 9.59 Å². The van der Waals surface area contributed by atoms with Crippen molar-refractivity contribution in [2.45, 2.75) is 33.0 Å². The molecule has 0 aromatic carbocycles. The quantitative estimate of drug-likeness (QED) is 0.379. The van der Waals surface area contributed by atoms with E-state index in [9.17, 15) is 9.59 Å². The summed E-state index contributed by atoms with van der Waals surface area (Å²) in [5.74, 6) is -1.27. The predicted molar refractivity (Wildman–Crippen MR) is 60.4 cm³/mol. The van der Waals surface area contributed by atoms with Crippen molar-refractivity contribution >= 4 is 11.9 Å². The van der Waals surface area contributed by atoms with Gasteiger partial charge in [-0.3, -0.25) is 0 Å². The van der Waals surface area contributed by atoms with Gasteiger partial charge in [-0.2, -0.15) is 0 Å². The van der Waals surface area contributed by atoms with Gasteiger partial charge in [0, 0.05) is 18.1 Å². The van der Waals surface area contributed by atoms with E-state index < -0.39 is 18.2 Å². The van der Waals surface area contributed by atoms with Crippen LogP contribution in [0.5, 0.6) is 0 Å². The number of hydrogen-bond donors (Lipinski definition) is 0. The van der Waals surface area contributed by atoms with Gasteiger partial charge in [-0.05, 0) is 6.42 Å². The summed E-state index contributed by atoms with van der Waals surface area (Å²) in [4.78, 5) is 22.1. The number of carbonyl (C=O) groups is 2. The number of rotatable bonds is 7. The first-order valence-electron chi connectivity index (χ1n) is 5.21. The van der Waals surface area contributed by atoms with E-state index >= 15 is 0 Å². The molecule has 0 rings (SSSR count). The zero-order valence-corrected chi connectivity index (χ0v) is 9.77. The Kier molecular flexibility index (Phi) is 6.92. The van der Waals surface area contributed by atoms with Crippen LogP contribution in [0.2, 0.25) is 0 Å². The maximum absolute atomic E-state index is 11.0. The van der Waals surface area contributed by atoms with Crippen LogP contribution in [0.3, 0.4) is 0 Å². The topological polar surface area (TPSA) is 52.6 Å². The highest BCUT2D eigenvalue weighted by Crippen LogP contribution is 2.16. The van der Waals surface area contributed by atoms with Crippen LogP contribution in [0.15, 0.2) is 25.3 Å². The van der Waals surface area contributed by atoms with Gasteiger partial charge in [-0.1, -0.05) is 33.4 Å². The molecule has 0 radical (unpaired) electrons. The molecule has 0 heterocycles. The van der Waals surface area contributed by atoms with E-state index in [0.29, 0.717) is 0 Å². The Hall–Kier alpha value is -1.58. The van der Waals surface area contributed by atoms with Crippen LogP contribution in [0.4, 0.5) is 0 Å². The van der Waals surface area contributed by atoms with Gasteiger partial charge in [-0.15, -0.1) is 0 Å². The van der Waals surface area contributed by atoms with Gasteiger partial charge in [0.1, 0.15) is 0 Å². The molecule has 0 bridgehead atoms. The second-order valence-corrected chi connectivity index (χ2v) is 3.42. The van der Waals surface area contributed by atoms with E-state index in [1.807, 2.05) is 13.8 Å². The molecule has 4 nitrogen and oxygen atoms in total. The molecular formula is C12H18O4. The molecule has 4 heteroatoms. The Morgan fingerprint density at radius 3 is 1.94 bits per heavy atom. The van der Waals surface area contributed by atoms with Crippen LogP contribution in [-0.2, 0) is 19.1 Å². The molecule has 0 fully saturated rings. The predicted octanol–water partition coefficient (Wildman–Crippen LogP) is 2.21. The maximum Gasteiger partial charge on any atom is 0.333 e. The Morgan fingerprint density at radius 2 is 1.62 bits per heavy atom. The summed E-state index contributed by atoms with van der Waals surface area (Å²) >= 11 is 0. The van der Waals surface area contributed by atoms with E-state index in [1.54, 1.807) is 0 Å². The van der Waals surface area contributed by atoms with Crippen LogP contribution < -0.4 is 0 Å². The number of hydrogen-bond acceptors (Lipinski definition) is 4. The molecule has 0 saturated carbocycles. The minimum atomic E-state index is -0.879. The summed E-state index contributed by atoms with van der Waals surface area (Å²) < 4.78 is 9.88. The summed E-state index contributed by atoms with van der Waals surface area (Å²) in [7, 11) is 0. The van der Waals surface area contributed by atoms with Gasteiger partial charge in [0.05, 0.1) is 0 Å². The molecule has 0 aliphatic carbocycles. The van der Waals surface area contributed by atoms with E-state index in [2.05, 4.69) is 13.2 Å². The number of ether oxygens (including phenoxy) is 2. The maximum atomic E-state index is 11.0. The first kappa shape index (κ1) is 14.4. The van der Waals surface area contributed by atoms with Crippen molar-refractivity contribution in [2.75, 3.05) is 0 Å². The minimum absolute atomic E-state index is 0.0576. The molecule has 1 unspecified atom stereocenters. The SMILES string of the molecule is C=CC(=O)OC(OC(=O)C=C)C(C)CCC. The Labute approximate surface area is 95.9 Å². The first-order chi connectivity index (χ1) is 7.54. The van der Waals surface area contributed by atoms with Gasteiger partial charge in [0.25, 0.3) is 6.29 Å². The molecule has 90 valence electrons. The van der Waals surface area contributed by atoms with Crippen molar-refractivity contribution in [3.8, 4) is 0 Å². The van der Waals surface area contributed by atoms with Crippen LogP contribution >= 0.6 is 0 Å². The van der Waals surface area contributed by atoms with Gasteiger partial charge in [0.15, 0.2) is 0 Å². The lowest BCUT2D eigenvalue weighted by Crippen LogP contribution is -2.29. The van der Waals surface area contributed by atoms with Gasteiger partial charge >= 0.3 is 11.9 Å². The van der Waals surface area contributed by atoms with E-state index in [4.69, 9.17) is 9.47 Å². The molecule has 1 atom stereocenters. The van der Waals surface area contributed by atoms with Crippen LogP contribution in [0.1, 0.15) is 26.7 Å². The van der Waals surface area contributed by atoms with Crippen molar-refractivity contribution in [1.82, 2.24) is 0 Å². The standard InChI is InChI=1S/C12H18O4/c1-5-8-9(4)12(15-10(13)6-2)16-11(14)7-3/h6-7,9,12H,2-3,5,8H2,1,4H3. The number of esters is 2. The molecule has 0 aliphatic rings. The average Bonchev–Trinajstić information content (AvgIpc) is 2.27. The fraction of sp³-hybridized carbons (Fsp3) is 0.500. The van der Waals surface area contributed by atoms with Crippen LogP contribution in [0, 0.1) is 5.92 Å². The second-order valence-electron chi connectivity index (χ2n) is 3.42. The van der Waals surface area contributed by atoms with E-state index in [1.165, 1.54) is 0 Å². The smallest absolute Gasteiger partial charge is 0.333 e. The Morgan fingerprint density at radius 1 is 1.19 bits per heavy atom. The fourth-order valence-electron chi connectivity index (χ4n) is 1.17. The minimum Gasteiger partial charge on any atom is -0.422 e. The van der Waals surface area contributed by atoms with Crippen LogP contribution in [0.25, 0.3) is 0 Å². The third kappa shape index (κ3) is 5.34. The molecule has 0 saturated heterocycles. The van der Waals surface area contributed by atoms with Crippen molar-refractivity contribution in [3.63, 3.8) is 0 Å². The molecule has 16 heavy (non-hydrogen) atoms. The monoisotopic (exact) mass is 226 g/mol. The summed E-state index contributed by atoms with van der Waals surface area (Å²) in [5, 5.41) is 0. The van der Waals surface area contributed by atoms with Crippen molar-refractivity contribution in [2.24, 2.45) is 5.92 Å². The highest BCUT2D eigenvalue weighted by Gasteiger charge is 2.23. The lowest BCUT2D eigenvalue weighted by atomic mass is 10.1. The van der Waals surface area contributed by atoms with Gasteiger partial charge in [0.2, 0.25) is 0 Å². The number of carbonyl (C=O) groups excluding carboxylic acids is 2. The average molecular weight is 226 g/mol. The summed E-state index contributed by atoms with van der Waals surface area (Å²) in [6.45, 7) is 10.4. The summed E-state index contributed by atoms with van der Waals surface area (Å²) in [5.41, 5.74) is 0. The second kappa shape index (κ2) is 7.68. The molecule has 0 amide bonds. The van der Waals surface area contributed by atoms with Gasteiger partial charge < -0.3 is 9.47 Å². The third-order valence-electron chi connectivity index (χ3n) is 2.01. The summed E-state index contributed by atoms with van der Waals surface area (Å²) in [6, 6.07) is 0. The molecule has 0 aromatic heterocycles. The Balaban J connectivity index is 4.47. The largest absolute Gasteiger partial charge is 0.422 e. The first-order valence-corrected chi connectivity index (χ1v) is 5.21. The van der Waals surface area contributed by atoms with E-state index in [0.717, 1.165) is 25.0 Å². The summed E-state index contributed by atoms with van der Waals surface area (Å²) in [6.07, 6.45) is 2.89.